The number of nitrogens with one attached hydrogen (secondary N) is 1. The van der Waals surface area contributed by atoms with Crippen molar-refractivity contribution in [2.45, 2.75) is 4.90 Å². The summed E-state index contributed by atoms with van der Waals surface area (Å²) in [4.78, 5) is 12.4. The molecule has 0 aromatic heterocycles. The summed E-state index contributed by atoms with van der Waals surface area (Å²) >= 11 is 6.14. The Labute approximate surface area is 183 Å². The van der Waals surface area contributed by atoms with Gasteiger partial charge in [-0.1, -0.05) is 66.4 Å². The molecule has 30 heavy (non-hydrogen) atoms. The largest absolute Gasteiger partial charge is 0.493 e. The van der Waals surface area contributed by atoms with Crippen molar-refractivity contribution in [3.8, 4) is 11.5 Å². The molecule has 0 atom stereocenters. The Balaban J connectivity index is 1.68. The molecule has 1 heterocycles. The summed E-state index contributed by atoms with van der Waals surface area (Å²) < 4.78 is 37.0. The molecule has 9 heteroatoms. The fourth-order valence-corrected chi connectivity index (χ4v) is 5.20. The zero-order valence-electron chi connectivity index (χ0n) is 15.6. The van der Waals surface area contributed by atoms with E-state index in [4.69, 9.17) is 21.1 Å². The quantitative estimate of drug-likeness (QED) is 0.351. The molecule has 0 unspecified atom stereocenters. The van der Waals surface area contributed by atoms with Gasteiger partial charge in [0.2, 0.25) is 0 Å². The van der Waals surface area contributed by atoms with Gasteiger partial charge in [-0.25, -0.2) is 0 Å². The van der Waals surface area contributed by atoms with E-state index in [9.17, 15) is 13.2 Å². The van der Waals surface area contributed by atoms with E-state index in [0.717, 1.165) is 17.1 Å². The van der Waals surface area contributed by atoms with Crippen molar-refractivity contribution in [3.05, 3.63) is 71.1 Å². The number of methoxy groups -OCH3 is 1. The minimum Gasteiger partial charge on any atom is -0.493 e. The topological polar surface area (TPSA) is 81.7 Å². The summed E-state index contributed by atoms with van der Waals surface area (Å²) in [7, 11) is -2.69. The summed E-state index contributed by atoms with van der Waals surface area (Å²) in [5.74, 6) is -0.00592. The van der Waals surface area contributed by atoms with Gasteiger partial charge in [-0.3, -0.25) is 4.79 Å². The molecule has 6 nitrogen and oxygen atoms in total. The lowest BCUT2D eigenvalue weighted by Gasteiger charge is -2.13. The molecule has 1 aliphatic heterocycles. The SMILES string of the molecule is COc1cc(/C=C2/SC(=S)NC2=O)ccc1OS(=O)(=O)c1cccc2ccccc12. The van der Waals surface area contributed by atoms with Gasteiger partial charge in [-0.2, -0.15) is 8.42 Å². The van der Waals surface area contributed by atoms with Crippen LogP contribution in [0.15, 0.2) is 70.5 Å². The van der Waals surface area contributed by atoms with Crippen molar-refractivity contribution in [1.82, 2.24) is 5.32 Å². The maximum Gasteiger partial charge on any atom is 0.339 e. The monoisotopic (exact) mass is 457 g/mol. The van der Waals surface area contributed by atoms with Gasteiger partial charge in [0.05, 0.1) is 12.0 Å². The first-order chi connectivity index (χ1) is 14.4. The molecular formula is C21H15NO5S3. The average Bonchev–Trinajstić information content (AvgIpc) is 3.05. The minimum absolute atomic E-state index is 0.0478. The number of benzene rings is 3. The Kier molecular flexibility index (Phi) is 5.50. The summed E-state index contributed by atoms with van der Waals surface area (Å²) in [6.45, 7) is 0. The molecule has 1 fully saturated rings. The average molecular weight is 458 g/mol. The number of hydrogen-bond acceptors (Lipinski definition) is 7. The van der Waals surface area contributed by atoms with Gasteiger partial charge in [0.25, 0.3) is 5.91 Å². The number of ether oxygens (including phenoxy) is 1. The highest BCUT2D eigenvalue weighted by Gasteiger charge is 2.24. The first-order valence-electron chi connectivity index (χ1n) is 8.72. The van der Waals surface area contributed by atoms with Crippen LogP contribution in [-0.2, 0) is 14.9 Å². The van der Waals surface area contributed by atoms with Gasteiger partial charge in [0.1, 0.15) is 9.22 Å². The number of hydrogen-bond donors (Lipinski definition) is 1. The third kappa shape index (κ3) is 4.04. The van der Waals surface area contributed by atoms with E-state index in [-0.39, 0.29) is 22.3 Å². The first kappa shape index (κ1) is 20.4. The van der Waals surface area contributed by atoms with Gasteiger partial charge in [-0.05, 0) is 35.2 Å². The van der Waals surface area contributed by atoms with Crippen molar-refractivity contribution in [3.63, 3.8) is 0 Å². The summed E-state index contributed by atoms with van der Waals surface area (Å²) in [5.41, 5.74) is 0.643. The summed E-state index contributed by atoms with van der Waals surface area (Å²) in [5, 5.41) is 3.91. The number of thiocarbonyl (C=S) groups is 1. The molecule has 0 bridgehead atoms. The van der Waals surface area contributed by atoms with Crippen LogP contribution in [-0.4, -0.2) is 25.8 Å². The smallest absolute Gasteiger partial charge is 0.339 e. The van der Waals surface area contributed by atoms with E-state index in [0.29, 0.717) is 20.2 Å². The van der Waals surface area contributed by atoms with E-state index < -0.39 is 10.1 Å². The second-order valence-electron chi connectivity index (χ2n) is 6.28. The lowest BCUT2D eigenvalue weighted by Crippen LogP contribution is -2.17. The van der Waals surface area contributed by atoms with Gasteiger partial charge < -0.3 is 14.2 Å². The highest BCUT2D eigenvalue weighted by molar-refractivity contribution is 8.26. The fourth-order valence-electron chi connectivity index (χ4n) is 2.99. The van der Waals surface area contributed by atoms with Gasteiger partial charge in [-0.15, -0.1) is 0 Å². The van der Waals surface area contributed by atoms with Crippen LogP contribution >= 0.6 is 24.0 Å². The number of thioether (sulfide) groups is 1. The van der Waals surface area contributed by atoms with Crippen molar-refractivity contribution in [1.29, 1.82) is 0 Å². The molecule has 0 radical (unpaired) electrons. The van der Waals surface area contributed by atoms with Crippen LogP contribution in [0.1, 0.15) is 5.56 Å². The molecule has 0 saturated carbocycles. The second-order valence-corrected chi connectivity index (χ2v) is 9.51. The molecule has 3 aromatic rings. The van der Waals surface area contributed by atoms with E-state index >= 15 is 0 Å². The van der Waals surface area contributed by atoms with E-state index in [1.165, 1.54) is 19.2 Å². The molecule has 152 valence electrons. The predicted octanol–water partition coefficient (Wildman–Crippen LogP) is 4.10. The number of rotatable bonds is 5. The maximum atomic E-state index is 13.0. The number of amides is 1. The Bertz CT molecular complexity index is 1310. The van der Waals surface area contributed by atoms with Crippen molar-refractivity contribution >= 4 is 61.2 Å². The van der Waals surface area contributed by atoms with Crippen LogP contribution in [0.5, 0.6) is 11.5 Å². The van der Waals surface area contributed by atoms with E-state index in [1.807, 2.05) is 18.2 Å². The first-order valence-corrected chi connectivity index (χ1v) is 11.4. The van der Waals surface area contributed by atoms with Crippen LogP contribution in [0.25, 0.3) is 16.8 Å². The van der Waals surface area contributed by atoms with Crippen LogP contribution in [0.2, 0.25) is 0 Å². The highest BCUT2D eigenvalue weighted by Crippen LogP contribution is 2.34. The maximum absolute atomic E-state index is 13.0. The zero-order valence-corrected chi connectivity index (χ0v) is 18.1. The molecule has 1 N–H and O–H groups in total. The summed E-state index contributed by atoms with van der Waals surface area (Å²) in [6, 6.07) is 16.9. The van der Waals surface area contributed by atoms with Crippen LogP contribution in [0, 0.1) is 0 Å². The number of carbonyl (C=O) groups is 1. The molecule has 3 aromatic carbocycles. The standard InChI is InChI=1S/C21H15NO5S3/c1-26-17-11-13(12-18-20(23)22-21(28)29-18)9-10-16(17)27-30(24,25)19-8-4-6-14-5-2-3-7-15(14)19/h2-12H,1H3,(H,22,23,28)/b18-12+. The summed E-state index contributed by atoms with van der Waals surface area (Å²) in [6.07, 6.45) is 1.64. The van der Waals surface area contributed by atoms with Crippen molar-refractivity contribution in [2.75, 3.05) is 7.11 Å². The molecular weight excluding hydrogens is 442 g/mol. The third-order valence-corrected chi connectivity index (χ3v) is 6.80. The van der Waals surface area contributed by atoms with Crippen LogP contribution < -0.4 is 14.2 Å². The Morgan fingerprint density at radius 3 is 2.53 bits per heavy atom. The molecule has 1 aliphatic rings. The molecule has 4 rings (SSSR count). The number of fused-ring (bicyclic) bond motifs is 1. The normalized spacial score (nSPS) is 15.4. The van der Waals surface area contributed by atoms with E-state index in [2.05, 4.69) is 5.32 Å². The van der Waals surface area contributed by atoms with Gasteiger partial charge >= 0.3 is 10.1 Å². The van der Waals surface area contributed by atoms with Crippen LogP contribution in [0.3, 0.4) is 0 Å². The van der Waals surface area contributed by atoms with E-state index in [1.54, 1.807) is 36.4 Å². The predicted molar refractivity (Wildman–Crippen MR) is 121 cm³/mol. The van der Waals surface area contributed by atoms with Crippen molar-refractivity contribution < 1.29 is 22.1 Å². The minimum atomic E-state index is -4.10. The number of carbonyl (C=O) groups excluding carboxylic acids is 1. The van der Waals surface area contributed by atoms with Gasteiger partial charge in [0.15, 0.2) is 11.5 Å². The zero-order chi connectivity index (χ0) is 21.3. The third-order valence-electron chi connectivity index (χ3n) is 4.35. The van der Waals surface area contributed by atoms with Crippen LogP contribution in [0.4, 0.5) is 0 Å². The van der Waals surface area contributed by atoms with Gasteiger partial charge in [0, 0.05) is 5.39 Å². The Hall–Kier alpha value is -2.88. The lowest BCUT2D eigenvalue weighted by atomic mass is 10.1. The second kappa shape index (κ2) is 8.10. The lowest BCUT2D eigenvalue weighted by molar-refractivity contribution is -0.115. The van der Waals surface area contributed by atoms with Crippen molar-refractivity contribution in [2.24, 2.45) is 0 Å². The highest BCUT2D eigenvalue weighted by atomic mass is 32.2. The molecule has 0 spiro atoms. The fraction of sp³-hybridized carbons (Fsp3) is 0.0476. The molecule has 1 saturated heterocycles. The Morgan fingerprint density at radius 1 is 1.03 bits per heavy atom. The molecule has 0 aliphatic carbocycles. The Morgan fingerprint density at radius 2 is 1.80 bits per heavy atom. The molecule has 1 amide bonds.